The topological polar surface area (TPSA) is 57.5 Å². The molecule has 0 aliphatic heterocycles. The van der Waals surface area contributed by atoms with Crippen molar-refractivity contribution in [3.63, 3.8) is 0 Å². The van der Waals surface area contributed by atoms with Crippen molar-refractivity contribution < 1.29 is 15.0 Å². The summed E-state index contributed by atoms with van der Waals surface area (Å²) in [5, 5.41) is 18.3. The Morgan fingerprint density at radius 3 is 2.42 bits per heavy atom. The van der Waals surface area contributed by atoms with Crippen LogP contribution in [0, 0.1) is 52.3 Å². The Balaban J connectivity index is 0.000000538. The Morgan fingerprint density at radius 1 is 1.11 bits per heavy atom. The third-order valence-corrected chi connectivity index (χ3v) is 11.7. The van der Waals surface area contributed by atoms with E-state index in [0.29, 0.717) is 17.1 Å². The van der Waals surface area contributed by atoms with Crippen molar-refractivity contribution >= 4 is 6.29 Å². The lowest BCUT2D eigenvalue weighted by Gasteiger charge is -2.58. The summed E-state index contributed by atoms with van der Waals surface area (Å²) in [6, 6.07) is 0. The van der Waals surface area contributed by atoms with Crippen molar-refractivity contribution in [2.75, 3.05) is 6.61 Å². The summed E-state index contributed by atoms with van der Waals surface area (Å²) in [5.74, 6) is 6.31. The van der Waals surface area contributed by atoms with Crippen LogP contribution in [-0.2, 0) is 4.79 Å². The number of aldehydes is 1. The largest absolute Gasteiger partial charge is 0.393 e. The van der Waals surface area contributed by atoms with E-state index in [2.05, 4.69) is 54.2 Å². The summed E-state index contributed by atoms with van der Waals surface area (Å²) in [7, 11) is 0. The van der Waals surface area contributed by atoms with Crippen LogP contribution in [0.25, 0.3) is 0 Å². The third kappa shape index (κ3) is 5.88. The molecule has 3 saturated carbocycles. The van der Waals surface area contributed by atoms with Gasteiger partial charge in [0.15, 0.2) is 0 Å². The number of aliphatic hydroxyl groups is 2. The molecule has 3 fully saturated rings. The lowest BCUT2D eigenvalue weighted by Crippen LogP contribution is -2.50. The van der Waals surface area contributed by atoms with Crippen molar-refractivity contribution in [2.45, 2.75) is 118 Å². The van der Waals surface area contributed by atoms with E-state index in [0.717, 1.165) is 54.3 Å². The van der Waals surface area contributed by atoms with Crippen LogP contribution in [0.2, 0.25) is 0 Å². The summed E-state index contributed by atoms with van der Waals surface area (Å²) in [5.41, 5.74) is 2.80. The van der Waals surface area contributed by atoms with E-state index < -0.39 is 0 Å². The van der Waals surface area contributed by atoms with Crippen LogP contribution in [0.5, 0.6) is 0 Å². The maximum absolute atomic E-state index is 10.2. The zero-order valence-electron chi connectivity index (χ0n) is 24.3. The predicted molar refractivity (Wildman–Crippen MR) is 151 cm³/mol. The molecule has 8 unspecified atom stereocenters. The van der Waals surface area contributed by atoms with E-state index in [-0.39, 0.29) is 18.3 Å². The summed E-state index contributed by atoms with van der Waals surface area (Å²) in [4.78, 5) is 9.48. The van der Waals surface area contributed by atoms with Crippen LogP contribution < -0.4 is 0 Å². The summed E-state index contributed by atoms with van der Waals surface area (Å²) < 4.78 is 0. The maximum Gasteiger partial charge on any atom is 0.147 e. The lowest BCUT2D eigenvalue weighted by atomic mass is 9.47. The molecule has 0 saturated heterocycles. The normalized spacial score (nSPS) is 39.0. The second kappa shape index (κ2) is 12.3. The van der Waals surface area contributed by atoms with Gasteiger partial charge in [-0.2, -0.15) is 0 Å². The molecule has 0 aromatic heterocycles. The SMILES string of the molecule is C=C(C=O)CO.CCC(CC[C@@H](C)C1CCC2C3CC=C4CC(O)CCC4(C)C3CCC21C)C(C)C. The fraction of sp³-hybridized carbons (Fsp3) is 0.848. The van der Waals surface area contributed by atoms with Gasteiger partial charge in [-0.1, -0.05) is 72.6 Å². The zero-order chi connectivity index (χ0) is 26.7. The average molecular weight is 501 g/mol. The predicted octanol–water partition coefficient (Wildman–Crippen LogP) is 7.76. The minimum Gasteiger partial charge on any atom is -0.393 e. The van der Waals surface area contributed by atoms with Crippen molar-refractivity contribution in [3.8, 4) is 0 Å². The van der Waals surface area contributed by atoms with Crippen molar-refractivity contribution in [1.29, 1.82) is 0 Å². The number of carbonyl (C=O) groups excluding carboxylic acids is 1. The number of carbonyl (C=O) groups is 1. The molecule has 0 heterocycles. The Labute approximate surface area is 222 Å². The molecule has 4 aliphatic rings. The number of hydrogen-bond acceptors (Lipinski definition) is 3. The molecule has 206 valence electrons. The van der Waals surface area contributed by atoms with Crippen LogP contribution in [0.3, 0.4) is 0 Å². The smallest absolute Gasteiger partial charge is 0.147 e. The first kappa shape index (κ1) is 29.6. The van der Waals surface area contributed by atoms with Gasteiger partial charge in [0.2, 0.25) is 0 Å². The summed E-state index contributed by atoms with van der Waals surface area (Å²) in [6.07, 6.45) is 17.6. The second-order valence-electron chi connectivity index (χ2n) is 13.8. The van der Waals surface area contributed by atoms with Crippen LogP contribution in [0.4, 0.5) is 0 Å². The van der Waals surface area contributed by atoms with Gasteiger partial charge in [-0.25, -0.2) is 0 Å². The highest BCUT2D eigenvalue weighted by Crippen LogP contribution is 2.67. The highest BCUT2D eigenvalue weighted by Gasteiger charge is 2.59. The number of aliphatic hydroxyl groups excluding tert-OH is 2. The van der Waals surface area contributed by atoms with E-state index in [1.54, 1.807) is 5.57 Å². The molecule has 0 radical (unpaired) electrons. The van der Waals surface area contributed by atoms with Gasteiger partial charge in [0.05, 0.1) is 12.7 Å². The van der Waals surface area contributed by atoms with Gasteiger partial charge in [-0.3, -0.25) is 4.79 Å². The van der Waals surface area contributed by atoms with Gasteiger partial charge in [0.1, 0.15) is 6.29 Å². The van der Waals surface area contributed by atoms with Crippen molar-refractivity contribution in [1.82, 2.24) is 0 Å². The Kier molecular flexibility index (Phi) is 10.1. The van der Waals surface area contributed by atoms with Crippen LogP contribution >= 0.6 is 0 Å². The van der Waals surface area contributed by atoms with Gasteiger partial charge in [-0.15, -0.1) is 0 Å². The third-order valence-electron chi connectivity index (χ3n) is 11.7. The van der Waals surface area contributed by atoms with Crippen molar-refractivity contribution in [2.24, 2.45) is 52.3 Å². The highest BCUT2D eigenvalue weighted by atomic mass is 16.3. The molecule has 0 aromatic carbocycles. The van der Waals surface area contributed by atoms with Gasteiger partial charge >= 0.3 is 0 Å². The molecule has 0 aromatic rings. The molecule has 9 atom stereocenters. The molecule has 4 aliphatic carbocycles. The lowest BCUT2D eigenvalue weighted by molar-refractivity contribution is -0.105. The molecular weight excluding hydrogens is 444 g/mol. The van der Waals surface area contributed by atoms with E-state index in [9.17, 15) is 9.90 Å². The van der Waals surface area contributed by atoms with Gasteiger partial charge in [-0.05, 0) is 110 Å². The Bertz CT molecular complexity index is 784. The van der Waals surface area contributed by atoms with E-state index >= 15 is 0 Å². The molecule has 36 heavy (non-hydrogen) atoms. The maximum atomic E-state index is 10.2. The first-order chi connectivity index (χ1) is 17.0. The van der Waals surface area contributed by atoms with Crippen LogP contribution in [0.15, 0.2) is 23.8 Å². The second-order valence-corrected chi connectivity index (χ2v) is 13.8. The molecule has 0 amide bonds. The van der Waals surface area contributed by atoms with Gasteiger partial charge < -0.3 is 10.2 Å². The number of rotatable bonds is 8. The first-order valence-corrected chi connectivity index (χ1v) is 15.1. The molecule has 2 N–H and O–H groups in total. The van der Waals surface area contributed by atoms with Crippen LogP contribution in [0.1, 0.15) is 112 Å². The van der Waals surface area contributed by atoms with Gasteiger partial charge in [0.25, 0.3) is 0 Å². The van der Waals surface area contributed by atoms with E-state index in [1.807, 2.05) is 0 Å². The number of allylic oxidation sites excluding steroid dienone is 1. The van der Waals surface area contributed by atoms with Gasteiger partial charge in [0, 0.05) is 5.57 Å². The fourth-order valence-corrected chi connectivity index (χ4v) is 9.34. The van der Waals surface area contributed by atoms with Crippen molar-refractivity contribution in [3.05, 3.63) is 23.8 Å². The van der Waals surface area contributed by atoms with Crippen LogP contribution in [-0.4, -0.2) is 29.2 Å². The zero-order valence-corrected chi connectivity index (χ0v) is 24.3. The molecule has 3 heteroatoms. The molecule has 3 nitrogen and oxygen atoms in total. The average Bonchev–Trinajstić information content (AvgIpc) is 3.21. The Hall–Kier alpha value is -0.930. The molecular formula is C33H56O3. The fourth-order valence-electron chi connectivity index (χ4n) is 9.34. The molecule has 4 rings (SSSR count). The van der Waals surface area contributed by atoms with E-state index in [1.165, 1.54) is 57.8 Å². The van der Waals surface area contributed by atoms with E-state index in [4.69, 9.17) is 5.11 Å². The molecule has 0 bridgehead atoms. The minimum absolute atomic E-state index is 0.0794. The minimum atomic E-state index is -0.233. The summed E-state index contributed by atoms with van der Waals surface area (Å²) in [6.45, 7) is 18.0. The monoisotopic (exact) mass is 500 g/mol. The molecule has 0 spiro atoms. The first-order valence-electron chi connectivity index (χ1n) is 15.1. The standard InChI is InChI=1S/C29H50O.C4H6O2/c1-7-21(19(2)3)9-8-20(4)25-12-13-26-24-11-10-22-18-23(30)14-16-28(22,5)27(24)15-17-29(25,26)6;1-4(2-5)3-6/h10,19-21,23-27,30H,7-9,11-18H2,1-6H3;2,6H,1,3H2/t20-,21?,23?,24?,25?,26?,27?,28?,29?;/m1./s1. The Morgan fingerprint density at radius 2 is 1.83 bits per heavy atom. The number of fused-ring (bicyclic) bond motifs is 5. The summed E-state index contributed by atoms with van der Waals surface area (Å²) >= 11 is 0. The number of hydrogen-bond donors (Lipinski definition) is 2. The highest BCUT2D eigenvalue weighted by molar-refractivity contribution is 5.72. The quantitative estimate of drug-likeness (QED) is 0.203.